The van der Waals surface area contributed by atoms with Gasteiger partial charge in [0.15, 0.2) is 23.1 Å². The standard InChI is InChI=1S/C46H27N5O/c47-28-29-26-37(30-14-4-1-5-15-30)41(38(27-29)46-49-44(31-16-6-2-7-17-31)48-45(50-46)32-18-8-3-9-19-32)51-39-22-12-10-20-33(39)35-24-25-36-34-21-11-13-23-40(34)52-43(36)42(35)51/h1-27H. The lowest BCUT2D eigenvalue weighted by atomic mass is 9.96. The van der Waals surface area contributed by atoms with Gasteiger partial charge in [-0.1, -0.05) is 133 Å². The van der Waals surface area contributed by atoms with E-state index in [1.165, 1.54) is 0 Å². The van der Waals surface area contributed by atoms with E-state index in [2.05, 4.69) is 65.2 Å². The van der Waals surface area contributed by atoms with Crippen LogP contribution in [0.4, 0.5) is 0 Å². The van der Waals surface area contributed by atoms with Crippen LogP contribution < -0.4 is 0 Å². The van der Waals surface area contributed by atoms with Gasteiger partial charge in [-0.05, 0) is 35.9 Å². The Morgan fingerprint density at radius 3 is 1.69 bits per heavy atom. The van der Waals surface area contributed by atoms with Crippen molar-refractivity contribution in [2.45, 2.75) is 0 Å². The van der Waals surface area contributed by atoms with E-state index in [0.717, 1.165) is 71.7 Å². The van der Waals surface area contributed by atoms with Crippen LogP contribution in [0.1, 0.15) is 5.56 Å². The van der Waals surface area contributed by atoms with Gasteiger partial charge in [0, 0.05) is 43.8 Å². The van der Waals surface area contributed by atoms with Crippen molar-refractivity contribution in [2.24, 2.45) is 0 Å². The van der Waals surface area contributed by atoms with Crippen LogP contribution in [0.25, 0.3) is 94.7 Å². The number of nitrogens with zero attached hydrogens (tertiary/aromatic N) is 5. The molecule has 0 fully saturated rings. The lowest BCUT2D eigenvalue weighted by Crippen LogP contribution is -2.06. The molecule has 0 radical (unpaired) electrons. The second-order valence-corrected chi connectivity index (χ2v) is 12.7. The van der Waals surface area contributed by atoms with E-state index in [4.69, 9.17) is 19.4 Å². The normalized spacial score (nSPS) is 11.4. The van der Waals surface area contributed by atoms with Crippen LogP contribution in [0, 0.1) is 11.3 Å². The summed E-state index contributed by atoms with van der Waals surface area (Å²) in [5.74, 6) is 1.54. The molecule has 0 N–H and O–H groups in total. The highest BCUT2D eigenvalue weighted by atomic mass is 16.3. The first kappa shape index (κ1) is 29.5. The molecule has 0 bridgehead atoms. The predicted octanol–water partition coefficient (Wildman–Crippen LogP) is 11.4. The van der Waals surface area contributed by atoms with Crippen molar-refractivity contribution < 1.29 is 4.42 Å². The van der Waals surface area contributed by atoms with Gasteiger partial charge >= 0.3 is 0 Å². The summed E-state index contributed by atoms with van der Waals surface area (Å²) >= 11 is 0. The Labute approximate surface area is 298 Å². The molecule has 0 aliphatic rings. The van der Waals surface area contributed by atoms with E-state index in [1.807, 2.05) is 109 Å². The molecule has 10 aromatic rings. The van der Waals surface area contributed by atoms with Gasteiger partial charge in [-0.25, -0.2) is 15.0 Å². The first-order valence-electron chi connectivity index (χ1n) is 17.1. The van der Waals surface area contributed by atoms with Gasteiger partial charge in [-0.2, -0.15) is 5.26 Å². The van der Waals surface area contributed by atoms with Crippen LogP contribution in [-0.4, -0.2) is 19.5 Å². The molecule has 3 heterocycles. The van der Waals surface area contributed by atoms with Crippen molar-refractivity contribution in [1.82, 2.24) is 19.5 Å². The third-order valence-corrected chi connectivity index (χ3v) is 9.67. The van der Waals surface area contributed by atoms with E-state index in [9.17, 15) is 5.26 Å². The van der Waals surface area contributed by atoms with Crippen molar-refractivity contribution in [2.75, 3.05) is 0 Å². The van der Waals surface area contributed by atoms with Gasteiger partial charge in [0.05, 0.1) is 28.4 Å². The summed E-state index contributed by atoms with van der Waals surface area (Å²) in [6.45, 7) is 0. The first-order chi connectivity index (χ1) is 25.7. The summed E-state index contributed by atoms with van der Waals surface area (Å²) in [7, 11) is 0. The molecule has 242 valence electrons. The largest absolute Gasteiger partial charge is 0.454 e. The summed E-state index contributed by atoms with van der Waals surface area (Å²) in [6.07, 6.45) is 0. The number of hydrogen-bond acceptors (Lipinski definition) is 5. The summed E-state index contributed by atoms with van der Waals surface area (Å²) in [5.41, 5.74) is 9.13. The molecule has 0 aliphatic carbocycles. The van der Waals surface area contributed by atoms with Crippen LogP contribution in [0.2, 0.25) is 0 Å². The second kappa shape index (κ2) is 11.9. The van der Waals surface area contributed by atoms with E-state index < -0.39 is 0 Å². The molecule has 0 spiro atoms. The van der Waals surface area contributed by atoms with E-state index in [0.29, 0.717) is 28.6 Å². The van der Waals surface area contributed by atoms with Crippen LogP contribution in [0.15, 0.2) is 168 Å². The van der Waals surface area contributed by atoms with Gasteiger partial charge in [0.25, 0.3) is 0 Å². The van der Waals surface area contributed by atoms with Gasteiger partial charge < -0.3 is 8.98 Å². The number of fused-ring (bicyclic) bond motifs is 7. The highest BCUT2D eigenvalue weighted by molar-refractivity contribution is 6.22. The third kappa shape index (κ3) is 4.68. The Morgan fingerprint density at radius 1 is 0.481 bits per heavy atom. The summed E-state index contributed by atoms with van der Waals surface area (Å²) in [4.78, 5) is 15.3. The van der Waals surface area contributed by atoms with Crippen LogP contribution in [0.3, 0.4) is 0 Å². The van der Waals surface area contributed by atoms with E-state index >= 15 is 0 Å². The molecule has 3 aromatic heterocycles. The Balaban J connectivity index is 1.40. The lowest BCUT2D eigenvalue weighted by Gasteiger charge is -2.19. The van der Waals surface area contributed by atoms with Gasteiger partial charge in [0.2, 0.25) is 0 Å². The SMILES string of the molecule is N#Cc1cc(-c2ccccc2)c(-n2c3ccccc3c3ccc4c5ccccc5oc4c32)c(-c2nc(-c3ccccc3)nc(-c3ccccc3)n2)c1. The van der Waals surface area contributed by atoms with E-state index in [1.54, 1.807) is 0 Å². The first-order valence-corrected chi connectivity index (χ1v) is 17.1. The number of para-hydroxylation sites is 2. The fourth-order valence-corrected chi connectivity index (χ4v) is 7.34. The maximum atomic E-state index is 10.5. The Hall–Kier alpha value is -7.36. The number of nitriles is 1. The van der Waals surface area contributed by atoms with Crippen LogP contribution in [0.5, 0.6) is 0 Å². The summed E-state index contributed by atoms with van der Waals surface area (Å²) in [6, 6.07) is 57.3. The Morgan fingerprint density at radius 2 is 1.02 bits per heavy atom. The van der Waals surface area contributed by atoms with Crippen molar-refractivity contribution in [3.8, 4) is 57.0 Å². The number of aromatic nitrogens is 4. The predicted molar refractivity (Wildman–Crippen MR) is 208 cm³/mol. The quantitative estimate of drug-likeness (QED) is 0.183. The number of hydrogen-bond donors (Lipinski definition) is 0. The van der Waals surface area contributed by atoms with Crippen molar-refractivity contribution in [1.29, 1.82) is 5.26 Å². The second-order valence-electron chi connectivity index (χ2n) is 12.7. The minimum Gasteiger partial charge on any atom is -0.454 e. The monoisotopic (exact) mass is 665 g/mol. The highest BCUT2D eigenvalue weighted by Crippen LogP contribution is 2.45. The molecule has 0 saturated carbocycles. The number of benzene rings is 7. The lowest BCUT2D eigenvalue weighted by molar-refractivity contribution is 0.671. The average molecular weight is 666 g/mol. The maximum absolute atomic E-state index is 10.5. The van der Waals surface area contributed by atoms with Crippen LogP contribution in [-0.2, 0) is 0 Å². The molecule has 6 heteroatoms. The molecule has 0 unspecified atom stereocenters. The van der Waals surface area contributed by atoms with Crippen LogP contribution >= 0.6 is 0 Å². The molecule has 10 rings (SSSR count). The zero-order valence-electron chi connectivity index (χ0n) is 27.7. The Bertz CT molecular complexity index is 2960. The summed E-state index contributed by atoms with van der Waals surface area (Å²) in [5, 5.41) is 14.7. The van der Waals surface area contributed by atoms with Crippen molar-refractivity contribution in [3.63, 3.8) is 0 Å². The van der Waals surface area contributed by atoms with E-state index in [-0.39, 0.29) is 0 Å². The average Bonchev–Trinajstić information content (AvgIpc) is 3.77. The molecule has 0 amide bonds. The van der Waals surface area contributed by atoms with Gasteiger partial charge in [-0.3, -0.25) is 0 Å². The molecular formula is C46H27N5O. The molecule has 6 nitrogen and oxygen atoms in total. The topological polar surface area (TPSA) is 80.5 Å². The minimum absolute atomic E-state index is 0.458. The zero-order valence-corrected chi connectivity index (χ0v) is 27.7. The van der Waals surface area contributed by atoms with Crippen molar-refractivity contribution >= 4 is 43.7 Å². The Kier molecular flexibility index (Phi) is 6.76. The number of rotatable bonds is 5. The smallest absolute Gasteiger partial charge is 0.166 e. The molecule has 0 atom stereocenters. The third-order valence-electron chi connectivity index (χ3n) is 9.67. The molecule has 0 aliphatic heterocycles. The maximum Gasteiger partial charge on any atom is 0.166 e. The highest BCUT2D eigenvalue weighted by Gasteiger charge is 2.26. The fourth-order valence-electron chi connectivity index (χ4n) is 7.34. The van der Waals surface area contributed by atoms with Crippen molar-refractivity contribution in [3.05, 3.63) is 169 Å². The molecule has 0 saturated heterocycles. The fraction of sp³-hybridized carbons (Fsp3) is 0. The van der Waals surface area contributed by atoms with Gasteiger partial charge in [0.1, 0.15) is 5.58 Å². The summed E-state index contributed by atoms with van der Waals surface area (Å²) < 4.78 is 9.01. The molecular weight excluding hydrogens is 639 g/mol. The zero-order chi connectivity index (χ0) is 34.6. The minimum atomic E-state index is 0.458. The molecule has 7 aromatic carbocycles. The molecule has 52 heavy (non-hydrogen) atoms. The van der Waals surface area contributed by atoms with Gasteiger partial charge in [-0.15, -0.1) is 0 Å². The number of furan rings is 1.